The molecule has 0 fully saturated rings. The van der Waals surface area contributed by atoms with Crippen molar-refractivity contribution in [1.82, 2.24) is 15.1 Å². The number of hydrogen-bond donors (Lipinski definition) is 2. The van der Waals surface area contributed by atoms with Gasteiger partial charge in [-0.2, -0.15) is 5.10 Å². The molecule has 20 heavy (non-hydrogen) atoms. The SMILES string of the molecule is Cc1nn(C)c(CNCc2ccccc2C(=O)O)c1Br. The van der Waals surface area contributed by atoms with Gasteiger partial charge in [0.1, 0.15) is 0 Å². The minimum atomic E-state index is -0.903. The van der Waals surface area contributed by atoms with E-state index in [4.69, 9.17) is 5.11 Å². The van der Waals surface area contributed by atoms with Crippen molar-refractivity contribution in [2.24, 2.45) is 7.05 Å². The molecule has 0 saturated heterocycles. The Kier molecular flexibility index (Phi) is 4.57. The molecule has 0 aliphatic rings. The molecule has 0 saturated carbocycles. The fourth-order valence-corrected chi connectivity index (χ4v) is 2.55. The van der Waals surface area contributed by atoms with Gasteiger partial charge in [-0.15, -0.1) is 0 Å². The van der Waals surface area contributed by atoms with Crippen LogP contribution < -0.4 is 5.32 Å². The zero-order valence-corrected chi connectivity index (χ0v) is 12.9. The molecule has 0 atom stereocenters. The van der Waals surface area contributed by atoms with Gasteiger partial charge in [-0.25, -0.2) is 4.79 Å². The summed E-state index contributed by atoms with van der Waals surface area (Å²) in [5.74, 6) is -0.903. The number of carboxylic acid groups (broad SMARTS) is 1. The van der Waals surface area contributed by atoms with Crippen LogP contribution in [0, 0.1) is 6.92 Å². The van der Waals surface area contributed by atoms with Crippen molar-refractivity contribution in [3.63, 3.8) is 0 Å². The molecule has 6 heteroatoms. The summed E-state index contributed by atoms with van der Waals surface area (Å²) in [6.07, 6.45) is 0. The molecule has 0 aliphatic heterocycles. The van der Waals surface area contributed by atoms with Gasteiger partial charge in [0, 0.05) is 20.1 Å². The third kappa shape index (κ3) is 3.08. The Balaban J connectivity index is 2.05. The molecule has 1 aromatic heterocycles. The maximum atomic E-state index is 11.1. The van der Waals surface area contributed by atoms with E-state index in [0.29, 0.717) is 18.7 Å². The average molecular weight is 338 g/mol. The van der Waals surface area contributed by atoms with Crippen LogP contribution in [0.2, 0.25) is 0 Å². The number of nitrogens with zero attached hydrogens (tertiary/aromatic N) is 2. The lowest BCUT2D eigenvalue weighted by molar-refractivity contribution is 0.0695. The third-order valence-corrected chi connectivity index (χ3v) is 4.15. The minimum Gasteiger partial charge on any atom is -0.478 e. The maximum Gasteiger partial charge on any atom is 0.336 e. The quantitative estimate of drug-likeness (QED) is 0.879. The molecule has 0 amide bonds. The fourth-order valence-electron chi connectivity index (χ4n) is 2.07. The number of aromatic carboxylic acids is 1. The summed E-state index contributed by atoms with van der Waals surface area (Å²) in [4.78, 5) is 11.1. The second kappa shape index (κ2) is 6.19. The highest BCUT2D eigenvalue weighted by Gasteiger charge is 2.11. The van der Waals surface area contributed by atoms with Gasteiger partial charge in [0.2, 0.25) is 0 Å². The molecular weight excluding hydrogens is 322 g/mol. The summed E-state index contributed by atoms with van der Waals surface area (Å²) in [5, 5.41) is 16.7. The Bertz CT molecular complexity index is 637. The number of rotatable bonds is 5. The molecule has 0 unspecified atom stereocenters. The first-order valence-electron chi connectivity index (χ1n) is 6.20. The number of aryl methyl sites for hydroxylation is 2. The first kappa shape index (κ1) is 14.7. The van der Waals surface area contributed by atoms with Gasteiger partial charge in [-0.05, 0) is 34.5 Å². The van der Waals surface area contributed by atoms with Gasteiger partial charge in [0.15, 0.2) is 0 Å². The van der Waals surface area contributed by atoms with E-state index in [1.807, 2.05) is 30.8 Å². The van der Waals surface area contributed by atoms with Gasteiger partial charge in [0.25, 0.3) is 0 Å². The first-order chi connectivity index (χ1) is 9.50. The highest BCUT2D eigenvalue weighted by atomic mass is 79.9. The first-order valence-corrected chi connectivity index (χ1v) is 7.00. The van der Waals surface area contributed by atoms with Crippen LogP contribution in [0.15, 0.2) is 28.7 Å². The largest absolute Gasteiger partial charge is 0.478 e. The van der Waals surface area contributed by atoms with E-state index in [2.05, 4.69) is 26.3 Å². The van der Waals surface area contributed by atoms with Crippen molar-refractivity contribution in [1.29, 1.82) is 0 Å². The number of benzene rings is 1. The molecule has 2 aromatic rings. The Morgan fingerprint density at radius 1 is 1.40 bits per heavy atom. The molecule has 1 aromatic carbocycles. The van der Waals surface area contributed by atoms with E-state index in [9.17, 15) is 4.79 Å². The van der Waals surface area contributed by atoms with Crippen molar-refractivity contribution in [3.8, 4) is 0 Å². The Hall–Kier alpha value is -1.66. The fraction of sp³-hybridized carbons (Fsp3) is 0.286. The van der Waals surface area contributed by atoms with Crippen LogP contribution in [0.25, 0.3) is 0 Å². The molecule has 2 rings (SSSR count). The number of nitrogens with one attached hydrogen (secondary N) is 1. The average Bonchev–Trinajstić information content (AvgIpc) is 2.65. The summed E-state index contributed by atoms with van der Waals surface area (Å²) in [6, 6.07) is 7.01. The number of carbonyl (C=O) groups is 1. The van der Waals surface area contributed by atoms with Gasteiger partial charge >= 0.3 is 5.97 Å². The van der Waals surface area contributed by atoms with Crippen molar-refractivity contribution in [2.45, 2.75) is 20.0 Å². The van der Waals surface area contributed by atoms with Crippen LogP contribution in [0.5, 0.6) is 0 Å². The molecule has 1 heterocycles. The summed E-state index contributed by atoms with van der Waals surface area (Å²) in [7, 11) is 1.89. The van der Waals surface area contributed by atoms with Crippen molar-refractivity contribution >= 4 is 21.9 Å². The number of hydrogen-bond acceptors (Lipinski definition) is 3. The monoisotopic (exact) mass is 337 g/mol. The van der Waals surface area contributed by atoms with E-state index in [-0.39, 0.29) is 0 Å². The Morgan fingerprint density at radius 3 is 2.70 bits per heavy atom. The van der Waals surface area contributed by atoms with Gasteiger partial charge in [0.05, 0.1) is 21.4 Å². The molecule has 0 spiro atoms. The molecule has 0 bridgehead atoms. The lowest BCUT2D eigenvalue weighted by Crippen LogP contribution is -2.17. The van der Waals surface area contributed by atoms with E-state index in [1.165, 1.54) is 0 Å². The summed E-state index contributed by atoms with van der Waals surface area (Å²) in [5.41, 5.74) is 3.08. The molecule has 2 N–H and O–H groups in total. The van der Waals surface area contributed by atoms with E-state index < -0.39 is 5.97 Å². The second-order valence-electron chi connectivity index (χ2n) is 4.54. The van der Waals surface area contributed by atoms with Crippen molar-refractivity contribution < 1.29 is 9.90 Å². The van der Waals surface area contributed by atoms with E-state index in [0.717, 1.165) is 21.4 Å². The van der Waals surface area contributed by atoms with Crippen LogP contribution in [-0.4, -0.2) is 20.9 Å². The van der Waals surface area contributed by atoms with Gasteiger partial charge in [-0.1, -0.05) is 18.2 Å². The zero-order chi connectivity index (χ0) is 14.7. The van der Waals surface area contributed by atoms with Gasteiger partial charge < -0.3 is 10.4 Å². The van der Waals surface area contributed by atoms with Crippen LogP contribution >= 0.6 is 15.9 Å². The number of carboxylic acids is 1. The lowest BCUT2D eigenvalue weighted by atomic mass is 10.1. The van der Waals surface area contributed by atoms with Crippen molar-refractivity contribution in [2.75, 3.05) is 0 Å². The summed E-state index contributed by atoms with van der Waals surface area (Å²) >= 11 is 3.51. The smallest absolute Gasteiger partial charge is 0.336 e. The Morgan fingerprint density at radius 2 is 2.10 bits per heavy atom. The second-order valence-corrected chi connectivity index (χ2v) is 5.33. The molecular formula is C14H16BrN3O2. The predicted octanol–water partition coefficient (Wildman–Crippen LogP) is 2.48. The standard InChI is InChI=1S/C14H16BrN3O2/c1-9-13(15)12(18(2)17-9)8-16-7-10-5-3-4-6-11(10)14(19)20/h3-6,16H,7-8H2,1-2H3,(H,19,20). The molecule has 0 radical (unpaired) electrons. The Labute approximate surface area is 125 Å². The van der Waals surface area contributed by atoms with Crippen molar-refractivity contribution in [3.05, 3.63) is 51.3 Å². The predicted molar refractivity (Wildman–Crippen MR) is 79.6 cm³/mol. The number of halogens is 1. The highest BCUT2D eigenvalue weighted by molar-refractivity contribution is 9.10. The van der Waals surface area contributed by atoms with E-state index >= 15 is 0 Å². The molecule has 106 valence electrons. The zero-order valence-electron chi connectivity index (χ0n) is 11.4. The van der Waals surface area contributed by atoms with Crippen LogP contribution in [0.4, 0.5) is 0 Å². The van der Waals surface area contributed by atoms with Crippen LogP contribution in [0.1, 0.15) is 27.3 Å². The van der Waals surface area contributed by atoms with Gasteiger partial charge in [-0.3, -0.25) is 4.68 Å². The summed E-state index contributed by atoms with van der Waals surface area (Å²) < 4.78 is 2.80. The molecule has 5 nitrogen and oxygen atoms in total. The lowest BCUT2D eigenvalue weighted by Gasteiger charge is -2.08. The van der Waals surface area contributed by atoms with Crippen LogP contribution in [-0.2, 0) is 20.1 Å². The van der Waals surface area contributed by atoms with Crippen LogP contribution in [0.3, 0.4) is 0 Å². The topological polar surface area (TPSA) is 67.2 Å². The summed E-state index contributed by atoms with van der Waals surface area (Å²) in [6.45, 7) is 3.05. The third-order valence-electron chi connectivity index (χ3n) is 3.12. The molecule has 0 aliphatic carbocycles. The number of aromatic nitrogens is 2. The normalized spacial score (nSPS) is 10.8. The maximum absolute atomic E-state index is 11.1. The highest BCUT2D eigenvalue weighted by Crippen LogP contribution is 2.20. The van der Waals surface area contributed by atoms with E-state index in [1.54, 1.807) is 12.1 Å². The minimum absolute atomic E-state index is 0.334.